The van der Waals surface area contributed by atoms with Crippen molar-refractivity contribution in [1.29, 1.82) is 0 Å². The Morgan fingerprint density at radius 1 is 0.946 bits per heavy atom. The van der Waals surface area contributed by atoms with E-state index in [0.717, 1.165) is 16.8 Å². The summed E-state index contributed by atoms with van der Waals surface area (Å²) in [6, 6.07) is 24.7. The average molecular weight is 491 g/mol. The fraction of sp³-hybridized carbons (Fsp3) is 0.107. The number of ether oxygens (including phenoxy) is 1. The van der Waals surface area contributed by atoms with Crippen molar-refractivity contribution in [1.82, 2.24) is 28.9 Å². The maximum atomic E-state index is 13.4. The number of aryl methyl sites for hydroxylation is 2. The van der Waals surface area contributed by atoms with Gasteiger partial charge in [0.1, 0.15) is 11.3 Å². The Labute approximate surface area is 211 Å². The van der Waals surface area contributed by atoms with E-state index >= 15 is 0 Å². The van der Waals surface area contributed by atoms with Crippen LogP contribution in [0.4, 0.5) is 0 Å². The Hall–Kier alpha value is -5.05. The molecule has 182 valence electrons. The normalized spacial score (nSPS) is 11.3. The summed E-state index contributed by atoms with van der Waals surface area (Å²) in [4.78, 5) is 26.2. The molecule has 3 aromatic heterocycles. The van der Waals surface area contributed by atoms with Crippen molar-refractivity contribution < 1.29 is 9.53 Å². The fourth-order valence-electron chi connectivity index (χ4n) is 4.41. The number of carbonyl (C=O) groups excluding carboxylic acids is 1. The number of aromatic nitrogens is 6. The third-order valence-corrected chi connectivity index (χ3v) is 6.28. The molecule has 6 rings (SSSR count). The third kappa shape index (κ3) is 3.86. The van der Waals surface area contributed by atoms with Crippen molar-refractivity contribution in [2.75, 3.05) is 0 Å². The van der Waals surface area contributed by atoms with Gasteiger partial charge >= 0.3 is 5.97 Å². The fourth-order valence-corrected chi connectivity index (χ4v) is 4.41. The Morgan fingerprint density at radius 2 is 1.68 bits per heavy atom. The van der Waals surface area contributed by atoms with Crippen LogP contribution in [0.5, 0.6) is 0 Å². The molecule has 0 saturated heterocycles. The number of para-hydroxylation sites is 1. The van der Waals surface area contributed by atoms with Gasteiger partial charge in [0.25, 0.3) is 5.56 Å². The van der Waals surface area contributed by atoms with Gasteiger partial charge in [-0.2, -0.15) is 5.10 Å². The van der Waals surface area contributed by atoms with Gasteiger partial charge < -0.3 is 4.74 Å². The standard InChI is InChI=1S/C28H22N6O3/c1-18-13-14-23-21(15-18)26(35)32(2)28-30-29-24(34(23)28)17-37-27(36)22-16-33(20-11-7-4-8-12-20)31-25(22)19-9-5-3-6-10-19/h3-16H,17H2,1-2H3. The molecular formula is C28H22N6O3. The highest BCUT2D eigenvalue weighted by molar-refractivity contribution is 5.96. The van der Waals surface area contributed by atoms with Crippen LogP contribution in [-0.4, -0.2) is 34.9 Å². The molecule has 0 amide bonds. The monoisotopic (exact) mass is 490 g/mol. The van der Waals surface area contributed by atoms with Gasteiger partial charge in [-0.15, -0.1) is 10.2 Å². The predicted octanol–water partition coefficient (Wildman–Crippen LogP) is 4.10. The van der Waals surface area contributed by atoms with Crippen LogP contribution in [0.3, 0.4) is 0 Å². The highest BCUT2D eigenvalue weighted by Gasteiger charge is 2.22. The lowest BCUT2D eigenvalue weighted by Gasteiger charge is -2.09. The second kappa shape index (κ2) is 8.87. The highest BCUT2D eigenvalue weighted by atomic mass is 16.5. The number of carbonyl (C=O) groups is 1. The maximum absolute atomic E-state index is 13.4. The van der Waals surface area contributed by atoms with Crippen LogP contribution < -0.4 is 5.56 Å². The van der Waals surface area contributed by atoms with Gasteiger partial charge in [0.15, 0.2) is 12.4 Å². The number of hydrogen-bond donors (Lipinski definition) is 0. The quantitative estimate of drug-likeness (QED) is 0.338. The SMILES string of the molecule is Cc1ccc2c(c1)c(=O)n(C)c1nnc(COC(=O)c3cn(-c4ccccc4)nc3-c3ccccc3)n21. The van der Waals surface area contributed by atoms with Crippen molar-refractivity contribution in [2.45, 2.75) is 13.5 Å². The van der Waals surface area contributed by atoms with E-state index in [2.05, 4.69) is 15.3 Å². The number of nitrogens with zero attached hydrogens (tertiary/aromatic N) is 6. The van der Waals surface area contributed by atoms with Crippen molar-refractivity contribution in [2.24, 2.45) is 7.05 Å². The van der Waals surface area contributed by atoms with Gasteiger partial charge in [0.05, 0.1) is 16.6 Å². The summed E-state index contributed by atoms with van der Waals surface area (Å²) < 4.78 is 10.6. The van der Waals surface area contributed by atoms with Crippen LogP contribution in [0.2, 0.25) is 0 Å². The Morgan fingerprint density at radius 3 is 2.43 bits per heavy atom. The van der Waals surface area contributed by atoms with Gasteiger partial charge in [0.2, 0.25) is 5.78 Å². The molecular weight excluding hydrogens is 468 g/mol. The topological polar surface area (TPSA) is 96.3 Å². The lowest BCUT2D eigenvalue weighted by molar-refractivity contribution is 0.0462. The van der Waals surface area contributed by atoms with Crippen LogP contribution in [0.15, 0.2) is 89.9 Å². The van der Waals surface area contributed by atoms with E-state index < -0.39 is 5.97 Å². The van der Waals surface area contributed by atoms with Crippen molar-refractivity contribution in [3.63, 3.8) is 0 Å². The summed E-state index contributed by atoms with van der Waals surface area (Å²) in [5.74, 6) is 0.238. The zero-order valence-electron chi connectivity index (χ0n) is 20.2. The van der Waals surface area contributed by atoms with Crippen LogP contribution in [0, 0.1) is 6.92 Å². The van der Waals surface area contributed by atoms with E-state index in [-0.39, 0.29) is 12.2 Å². The minimum absolute atomic E-state index is 0.133. The molecule has 0 aliphatic rings. The Balaban J connectivity index is 1.38. The predicted molar refractivity (Wildman–Crippen MR) is 139 cm³/mol. The molecule has 0 atom stereocenters. The molecule has 9 heteroatoms. The smallest absolute Gasteiger partial charge is 0.342 e. The molecule has 0 aliphatic carbocycles. The first-order valence-electron chi connectivity index (χ1n) is 11.7. The lowest BCUT2D eigenvalue weighted by Crippen LogP contribution is -2.20. The van der Waals surface area contributed by atoms with Gasteiger partial charge in [-0.1, -0.05) is 60.2 Å². The van der Waals surface area contributed by atoms with Gasteiger partial charge in [-0.05, 0) is 31.2 Å². The lowest BCUT2D eigenvalue weighted by atomic mass is 10.1. The largest absolute Gasteiger partial charge is 0.454 e. The summed E-state index contributed by atoms with van der Waals surface area (Å²) in [5.41, 5.74) is 3.93. The summed E-state index contributed by atoms with van der Waals surface area (Å²) in [7, 11) is 1.65. The number of fused-ring (bicyclic) bond motifs is 3. The van der Waals surface area contributed by atoms with Crippen LogP contribution in [0.25, 0.3) is 33.6 Å². The Kier molecular flexibility index (Phi) is 5.37. The van der Waals surface area contributed by atoms with Crippen molar-refractivity contribution in [3.05, 3.63) is 112 Å². The van der Waals surface area contributed by atoms with E-state index in [1.807, 2.05) is 85.8 Å². The second-order valence-electron chi connectivity index (χ2n) is 8.75. The number of esters is 1. The highest BCUT2D eigenvalue weighted by Crippen LogP contribution is 2.25. The molecule has 0 saturated carbocycles. The minimum atomic E-state index is -0.539. The zero-order valence-corrected chi connectivity index (χ0v) is 20.2. The molecule has 0 fully saturated rings. The van der Waals surface area contributed by atoms with Gasteiger partial charge in [-0.25, -0.2) is 9.48 Å². The average Bonchev–Trinajstić information content (AvgIpc) is 3.57. The van der Waals surface area contributed by atoms with Gasteiger partial charge in [-0.3, -0.25) is 13.8 Å². The van der Waals surface area contributed by atoms with Gasteiger partial charge in [0, 0.05) is 18.8 Å². The second-order valence-corrected chi connectivity index (χ2v) is 8.75. The number of rotatable bonds is 5. The maximum Gasteiger partial charge on any atom is 0.342 e. The summed E-state index contributed by atoms with van der Waals surface area (Å²) in [6.07, 6.45) is 1.67. The van der Waals surface area contributed by atoms with Crippen molar-refractivity contribution >= 4 is 22.6 Å². The molecule has 0 unspecified atom stereocenters. The minimum Gasteiger partial charge on any atom is -0.454 e. The summed E-state index contributed by atoms with van der Waals surface area (Å²) in [5, 5.41) is 13.6. The molecule has 0 N–H and O–H groups in total. The van der Waals surface area contributed by atoms with Crippen LogP contribution in [-0.2, 0) is 18.4 Å². The van der Waals surface area contributed by atoms with E-state index in [4.69, 9.17) is 4.74 Å². The molecule has 0 aliphatic heterocycles. The number of hydrogen-bond acceptors (Lipinski definition) is 6. The van der Waals surface area contributed by atoms with E-state index in [0.29, 0.717) is 33.8 Å². The first-order valence-corrected chi connectivity index (χ1v) is 11.7. The van der Waals surface area contributed by atoms with E-state index in [1.54, 1.807) is 22.3 Å². The molecule has 6 aromatic rings. The first kappa shape index (κ1) is 22.4. The van der Waals surface area contributed by atoms with E-state index in [1.165, 1.54) is 4.57 Å². The molecule has 0 bridgehead atoms. The molecule has 0 spiro atoms. The third-order valence-electron chi connectivity index (χ3n) is 6.28. The molecule has 3 heterocycles. The molecule has 3 aromatic carbocycles. The van der Waals surface area contributed by atoms with Crippen LogP contribution in [0.1, 0.15) is 21.7 Å². The van der Waals surface area contributed by atoms with Crippen molar-refractivity contribution in [3.8, 4) is 16.9 Å². The molecule has 0 radical (unpaired) electrons. The van der Waals surface area contributed by atoms with Crippen LogP contribution >= 0.6 is 0 Å². The molecule has 37 heavy (non-hydrogen) atoms. The Bertz CT molecular complexity index is 1840. The van der Waals surface area contributed by atoms with E-state index in [9.17, 15) is 9.59 Å². The summed E-state index contributed by atoms with van der Waals surface area (Å²) >= 11 is 0. The first-order chi connectivity index (χ1) is 18.0. The zero-order chi connectivity index (χ0) is 25.5. The molecule has 9 nitrogen and oxygen atoms in total. The number of benzene rings is 3. The summed E-state index contributed by atoms with van der Waals surface area (Å²) in [6.45, 7) is 1.80.